The third kappa shape index (κ3) is 8.96. The monoisotopic (exact) mass is 571 g/mol. The van der Waals surface area contributed by atoms with Crippen LogP contribution in [0.3, 0.4) is 0 Å². The second-order valence-electron chi connectivity index (χ2n) is 8.12. The fourth-order valence-electron chi connectivity index (χ4n) is 3.75. The van der Waals surface area contributed by atoms with Crippen molar-refractivity contribution in [1.82, 2.24) is 20.9 Å². The number of guanidine groups is 1. The number of amides is 1. The van der Waals surface area contributed by atoms with Gasteiger partial charge in [-0.15, -0.1) is 24.0 Å². The normalized spacial score (nSPS) is 15.1. The van der Waals surface area contributed by atoms with Gasteiger partial charge in [0.1, 0.15) is 5.82 Å². The number of aryl methyl sites for hydroxylation is 1. The fraction of sp³-hybridized carbons (Fsp3) is 0.500. The highest BCUT2D eigenvalue weighted by molar-refractivity contribution is 14.0. The van der Waals surface area contributed by atoms with Crippen molar-refractivity contribution in [1.29, 1.82) is 0 Å². The first-order chi connectivity index (χ1) is 15.5. The Kier molecular flexibility index (Phi) is 11.7. The average molecular weight is 571 g/mol. The summed E-state index contributed by atoms with van der Waals surface area (Å²) in [6.07, 6.45) is 4.34. The van der Waals surface area contributed by atoms with Crippen molar-refractivity contribution in [3.63, 3.8) is 0 Å². The highest BCUT2D eigenvalue weighted by Crippen LogP contribution is 2.14. The number of aliphatic imine (C=N–C) groups is 1. The fourth-order valence-corrected chi connectivity index (χ4v) is 3.75. The predicted octanol–water partition coefficient (Wildman–Crippen LogP) is 3.68. The summed E-state index contributed by atoms with van der Waals surface area (Å²) < 4.78 is 18.3. The second-order valence-corrected chi connectivity index (χ2v) is 8.12. The van der Waals surface area contributed by atoms with Crippen LogP contribution in [-0.2, 0) is 6.54 Å². The Hall–Kier alpha value is -2.14. The Morgan fingerprint density at radius 3 is 2.55 bits per heavy atom. The molecule has 1 aromatic carbocycles. The van der Waals surface area contributed by atoms with Crippen molar-refractivity contribution in [3.8, 4) is 0 Å². The quantitative estimate of drug-likeness (QED) is 0.185. The number of furan rings is 1. The number of hydrogen-bond acceptors (Lipinski definition) is 4. The Bertz CT molecular complexity index is 879. The van der Waals surface area contributed by atoms with E-state index >= 15 is 0 Å². The van der Waals surface area contributed by atoms with Gasteiger partial charge < -0.3 is 20.4 Å². The van der Waals surface area contributed by atoms with Gasteiger partial charge in [0, 0.05) is 50.9 Å². The van der Waals surface area contributed by atoms with Crippen LogP contribution in [0, 0.1) is 12.7 Å². The Morgan fingerprint density at radius 1 is 1.18 bits per heavy atom. The van der Waals surface area contributed by atoms with Crippen LogP contribution in [0.25, 0.3) is 0 Å². The summed E-state index contributed by atoms with van der Waals surface area (Å²) in [5.41, 5.74) is 1.98. The number of halogens is 2. The summed E-state index contributed by atoms with van der Waals surface area (Å²) in [7, 11) is 0. The van der Waals surface area contributed by atoms with Crippen molar-refractivity contribution in [2.24, 2.45) is 4.99 Å². The molecule has 9 heteroatoms. The van der Waals surface area contributed by atoms with E-state index in [1.54, 1.807) is 6.07 Å². The summed E-state index contributed by atoms with van der Waals surface area (Å²) >= 11 is 0. The largest absolute Gasteiger partial charge is 0.459 e. The zero-order valence-electron chi connectivity index (χ0n) is 19.4. The van der Waals surface area contributed by atoms with Crippen molar-refractivity contribution >= 4 is 35.8 Å². The van der Waals surface area contributed by atoms with Gasteiger partial charge in [-0.1, -0.05) is 12.1 Å². The van der Waals surface area contributed by atoms with E-state index in [2.05, 4.69) is 32.8 Å². The van der Waals surface area contributed by atoms with Crippen molar-refractivity contribution in [2.45, 2.75) is 45.7 Å². The maximum atomic E-state index is 13.1. The zero-order valence-corrected chi connectivity index (χ0v) is 21.7. The third-order valence-electron chi connectivity index (χ3n) is 5.55. The minimum absolute atomic E-state index is 0. The zero-order chi connectivity index (χ0) is 22.8. The Morgan fingerprint density at radius 2 is 1.91 bits per heavy atom. The first-order valence-corrected chi connectivity index (χ1v) is 11.4. The number of nitrogens with one attached hydrogen (secondary N) is 3. The van der Waals surface area contributed by atoms with Crippen molar-refractivity contribution < 1.29 is 13.6 Å². The molecule has 0 radical (unpaired) electrons. The number of hydrogen-bond donors (Lipinski definition) is 3. The summed E-state index contributed by atoms with van der Waals surface area (Å²) in [6.45, 7) is 8.70. The van der Waals surface area contributed by atoms with E-state index in [0.29, 0.717) is 24.9 Å². The number of piperidine rings is 1. The average Bonchev–Trinajstić information content (AvgIpc) is 3.22. The number of rotatable bonds is 9. The maximum absolute atomic E-state index is 13.1. The molecule has 1 amide bonds. The van der Waals surface area contributed by atoms with Gasteiger partial charge in [0.25, 0.3) is 5.91 Å². The first kappa shape index (κ1) is 27.1. The lowest BCUT2D eigenvalue weighted by molar-refractivity contribution is 0.0925. The van der Waals surface area contributed by atoms with Gasteiger partial charge in [-0.25, -0.2) is 4.39 Å². The summed E-state index contributed by atoms with van der Waals surface area (Å²) in [6, 6.07) is 8.90. The second kappa shape index (κ2) is 14.2. The SMILES string of the molecule is CCNC(=NCCCNC(=O)c1occc1C)NC1CCN(Cc2ccc(F)cc2)CC1.I. The van der Waals surface area contributed by atoms with Crippen molar-refractivity contribution in [2.75, 3.05) is 32.7 Å². The van der Waals surface area contributed by atoms with E-state index in [-0.39, 0.29) is 35.7 Å². The molecule has 2 aromatic rings. The van der Waals surface area contributed by atoms with Crippen LogP contribution in [0.1, 0.15) is 47.9 Å². The van der Waals surface area contributed by atoms with Crippen LogP contribution >= 0.6 is 24.0 Å². The maximum Gasteiger partial charge on any atom is 0.287 e. The molecule has 0 spiro atoms. The highest BCUT2D eigenvalue weighted by atomic mass is 127. The lowest BCUT2D eigenvalue weighted by Crippen LogP contribution is -2.48. The molecule has 1 fully saturated rings. The molecule has 33 heavy (non-hydrogen) atoms. The molecule has 1 saturated heterocycles. The van der Waals surface area contributed by atoms with Gasteiger partial charge in [-0.05, 0) is 56.9 Å². The molecule has 0 saturated carbocycles. The first-order valence-electron chi connectivity index (χ1n) is 11.4. The molecular weight excluding hydrogens is 536 g/mol. The molecular formula is C24H35FIN5O2. The van der Waals surface area contributed by atoms with Gasteiger partial charge in [-0.2, -0.15) is 0 Å². The number of carbonyl (C=O) groups is 1. The number of benzene rings is 1. The molecule has 1 aliphatic rings. The number of likely N-dealkylation sites (tertiary alicyclic amines) is 1. The van der Waals surface area contributed by atoms with Gasteiger partial charge in [0.05, 0.1) is 6.26 Å². The summed E-state index contributed by atoms with van der Waals surface area (Å²) in [5.74, 6) is 0.808. The molecule has 0 unspecified atom stereocenters. The minimum Gasteiger partial charge on any atom is -0.459 e. The molecule has 0 aliphatic carbocycles. The summed E-state index contributed by atoms with van der Waals surface area (Å²) in [4.78, 5) is 19.1. The van der Waals surface area contributed by atoms with E-state index in [1.807, 2.05) is 19.1 Å². The Balaban J connectivity index is 0.00000385. The van der Waals surface area contributed by atoms with E-state index in [1.165, 1.54) is 18.4 Å². The minimum atomic E-state index is -0.193. The van der Waals surface area contributed by atoms with E-state index in [0.717, 1.165) is 62.5 Å². The highest BCUT2D eigenvalue weighted by Gasteiger charge is 2.20. The molecule has 3 N–H and O–H groups in total. The van der Waals surface area contributed by atoms with Crippen LogP contribution < -0.4 is 16.0 Å². The van der Waals surface area contributed by atoms with Gasteiger partial charge in [0.15, 0.2) is 11.7 Å². The van der Waals surface area contributed by atoms with Crippen LogP contribution in [0.2, 0.25) is 0 Å². The van der Waals surface area contributed by atoms with Crippen molar-refractivity contribution in [3.05, 3.63) is 59.3 Å². The lowest BCUT2D eigenvalue weighted by Gasteiger charge is -2.33. The van der Waals surface area contributed by atoms with Crippen LogP contribution in [0.5, 0.6) is 0 Å². The summed E-state index contributed by atoms with van der Waals surface area (Å²) in [5, 5.41) is 9.71. The number of nitrogens with zero attached hydrogens (tertiary/aromatic N) is 2. The van der Waals surface area contributed by atoms with Gasteiger partial charge in [0.2, 0.25) is 0 Å². The smallest absolute Gasteiger partial charge is 0.287 e. The molecule has 2 heterocycles. The topological polar surface area (TPSA) is 81.9 Å². The van der Waals surface area contributed by atoms with Crippen LogP contribution in [0.4, 0.5) is 4.39 Å². The van der Waals surface area contributed by atoms with Crippen LogP contribution in [-0.4, -0.2) is 55.5 Å². The molecule has 7 nitrogen and oxygen atoms in total. The third-order valence-corrected chi connectivity index (χ3v) is 5.55. The molecule has 0 atom stereocenters. The molecule has 1 aromatic heterocycles. The molecule has 182 valence electrons. The predicted molar refractivity (Wildman–Crippen MR) is 140 cm³/mol. The molecule has 0 bridgehead atoms. The molecule has 1 aliphatic heterocycles. The van der Waals surface area contributed by atoms with Gasteiger partial charge in [-0.3, -0.25) is 14.7 Å². The lowest BCUT2D eigenvalue weighted by atomic mass is 10.0. The van der Waals surface area contributed by atoms with Gasteiger partial charge >= 0.3 is 0 Å². The molecule has 3 rings (SSSR count). The number of carbonyl (C=O) groups excluding carboxylic acids is 1. The van der Waals surface area contributed by atoms with Crippen LogP contribution in [0.15, 0.2) is 46.0 Å². The standard InChI is InChI=1S/C24H34FN5O2.HI/c1-3-26-24(28-13-4-12-27-23(31)22-18(2)11-16-32-22)29-21-9-14-30(15-10-21)17-19-5-7-20(25)8-6-19;/h5-8,11,16,21H,3-4,9-10,12-15,17H2,1-2H3,(H,27,31)(H2,26,28,29);1H. The Labute approximate surface area is 212 Å². The van der Waals surface area contributed by atoms with E-state index in [4.69, 9.17) is 4.42 Å². The van der Waals surface area contributed by atoms with E-state index in [9.17, 15) is 9.18 Å². The van der Waals surface area contributed by atoms with E-state index < -0.39 is 0 Å².